The van der Waals surface area contributed by atoms with E-state index in [9.17, 15) is 0 Å². The molecule has 2 fully saturated rings. The van der Waals surface area contributed by atoms with E-state index < -0.39 is 11.6 Å². The number of rotatable bonds is 4. The molecule has 7 heteroatoms. The first-order valence-electron chi connectivity index (χ1n) is 9.47. The zero-order chi connectivity index (χ0) is 20.1. The maximum atomic E-state index is 6.29. The van der Waals surface area contributed by atoms with Crippen LogP contribution in [0.1, 0.15) is 45.1 Å². The summed E-state index contributed by atoms with van der Waals surface area (Å²) in [7, 11) is 1.64. The number of nitrogens with zero attached hydrogens (tertiary/aromatic N) is 1. The third-order valence-corrected chi connectivity index (χ3v) is 5.07. The van der Waals surface area contributed by atoms with Gasteiger partial charge in [0.2, 0.25) is 0 Å². The second-order valence-corrected chi connectivity index (χ2v) is 8.13. The molecule has 0 saturated carbocycles. The van der Waals surface area contributed by atoms with Gasteiger partial charge < -0.3 is 28.2 Å². The molecule has 0 bridgehead atoms. The summed E-state index contributed by atoms with van der Waals surface area (Å²) in [6.07, 6.45) is -0.979. The van der Waals surface area contributed by atoms with Gasteiger partial charge >= 0.3 is 0 Å². The number of hydrogen-bond acceptors (Lipinski definition) is 7. The van der Waals surface area contributed by atoms with Crippen molar-refractivity contribution in [2.24, 2.45) is 0 Å². The maximum absolute atomic E-state index is 6.29. The first-order chi connectivity index (χ1) is 13.2. The van der Waals surface area contributed by atoms with Gasteiger partial charge in [-0.05, 0) is 58.9 Å². The summed E-state index contributed by atoms with van der Waals surface area (Å²) >= 11 is 0. The minimum atomic E-state index is -0.758. The molecule has 1 aromatic carbocycles. The van der Waals surface area contributed by atoms with Crippen molar-refractivity contribution in [1.82, 2.24) is 5.16 Å². The Hall–Kier alpha value is -1.93. The van der Waals surface area contributed by atoms with Crippen molar-refractivity contribution in [2.45, 2.75) is 64.5 Å². The van der Waals surface area contributed by atoms with Gasteiger partial charge in [0.1, 0.15) is 24.1 Å². The number of hydrogen-bond donors (Lipinski definition) is 0. The van der Waals surface area contributed by atoms with Crippen molar-refractivity contribution >= 4 is 0 Å². The van der Waals surface area contributed by atoms with Crippen molar-refractivity contribution in [3.63, 3.8) is 0 Å². The monoisotopic (exact) mass is 389 g/mol. The molecule has 152 valence electrons. The number of methoxy groups -OCH3 is 1. The Morgan fingerprint density at radius 1 is 1.00 bits per heavy atom. The molecular formula is C21H27NO6. The summed E-state index contributed by atoms with van der Waals surface area (Å²) in [6.45, 7) is 9.95. The fourth-order valence-corrected chi connectivity index (χ4v) is 3.82. The van der Waals surface area contributed by atoms with Crippen molar-refractivity contribution in [2.75, 3.05) is 13.7 Å². The lowest BCUT2D eigenvalue weighted by atomic mass is 9.96. The third kappa shape index (κ3) is 3.55. The molecule has 2 saturated heterocycles. The smallest absolute Gasteiger partial charge is 0.173 e. The van der Waals surface area contributed by atoms with Gasteiger partial charge in [-0.1, -0.05) is 5.16 Å². The molecule has 1 aromatic heterocycles. The van der Waals surface area contributed by atoms with E-state index in [4.69, 9.17) is 28.2 Å². The average molecular weight is 389 g/mol. The zero-order valence-electron chi connectivity index (χ0n) is 17.1. The number of aromatic nitrogens is 1. The second-order valence-electron chi connectivity index (χ2n) is 8.13. The van der Waals surface area contributed by atoms with Crippen LogP contribution in [-0.2, 0) is 18.9 Å². The predicted molar refractivity (Wildman–Crippen MR) is 101 cm³/mol. The molecule has 2 unspecified atom stereocenters. The molecule has 0 radical (unpaired) electrons. The van der Waals surface area contributed by atoms with Gasteiger partial charge in [-0.3, -0.25) is 0 Å². The molecule has 2 aliphatic heterocycles. The highest BCUT2D eigenvalue weighted by Gasteiger charge is 2.51. The first-order valence-corrected chi connectivity index (χ1v) is 9.47. The Balaban J connectivity index is 1.71. The molecule has 2 aromatic rings. The molecule has 0 spiro atoms. The van der Waals surface area contributed by atoms with Crippen LogP contribution in [0.2, 0.25) is 0 Å². The molecule has 3 atom stereocenters. The largest absolute Gasteiger partial charge is 0.497 e. The molecule has 3 heterocycles. The molecule has 28 heavy (non-hydrogen) atoms. The summed E-state index contributed by atoms with van der Waals surface area (Å²) in [5.74, 6) is 0.0366. The maximum Gasteiger partial charge on any atom is 0.173 e. The molecule has 4 rings (SSSR count). The SMILES string of the molecule is COc1ccc(-c2onc(C)c2C2OC(C)(C)OC2[C@H]2COC(C)(C)O2)cc1. The van der Waals surface area contributed by atoms with Crippen LogP contribution in [0.15, 0.2) is 28.8 Å². The highest BCUT2D eigenvalue weighted by molar-refractivity contribution is 5.63. The number of ether oxygens (including phenoxy) is 5. The van der Waals surface area contributed by atoms with Crippen molar-refractivity contribution < 1.29 is 28.2 Å². The molecular weight excluding hydrogens is 362 g/mol. The lowest BCUT2D eigenvalue weighted by Crippen LogP contribution is -2.35. The Morgan fingerprint density at radius 3 is 2.32 bits per heavy atom. The highest BCUT2D eigenvalue weighted by Crippen LogP contribution is 2.46. The van der Waals surface area contributed by atoms with Crippen molar-refractivity contribution in [1.29, 1.82) is 0 Å². The molecule has 0 aliphatic carbocycles. The lowest BCUT2D eigenvalue weighted by Gasteiger charge is -2.24. The fraction of sp³-hybridized carbons (Fsp3) is 0.571. The molecule has 0 N–H and O–H groups in total. The van der Waals surface area contributed by atoms with Crippen molar-refractivity contribution in [3.8, 4) is 17.1 Å². The summed E-state index contributed by atoms with van der Waals surface area (Å²) in [5.41, 5.74) is 2.53. The fourth-order valence-electron chi connectivity index (χ4n) is 3.82. The van der Waals surface area contributed by atoms with Crippen LogP contribution in [0.4, 0.5) is 0 Å². The van der Waals surface area contributed by atoms with E-state index in [1.54, 1.807) is 7.11 Å². The van der Waals surface area contributed by atoms with E-state index in [0.717, 1.165) is 22.6 Å². The van der Waals surface area contributed by atoms with Gasteiger partial charge in [0, 0.05) is 5.56 Å². The van der Waals surface area contributed by atoms with E-state index in [2.05, 4.69) is 5.16 Å². The summed E-state index contributed by atoms with van der Waals surface area (Å²) in [6, 6.07) is 7.66. The van der Waals surface area contributed by atoms with E-state index in [1.807, 2.05) is 58.9 Å². The van der Waals surface area contributed by atoms with Crippen molar-refractivity contribution in [3.05, 3.63) is 35.5 Å². The summed E-state index contributed by atoms with van der Waals surface area (Å²) in [4.78, 5) is 0. The van der Waals surface area contributed by atoms with E-state index in [0.29, 0.717) is 12.4 Å². The van der Waals surface area contributed by atoms with E-state index in [1.165, 1.54) is 0 Å². The highest BCUT2D eigenvalue weighted by atomic mass is 16.8. The van der Waals surface area contributed by atoms with Gasteiger partial charge in [0.25, 0.3) is 0 Å². The molecule has 0 amide bonds. The normalized spacial score (nSPS) is 28.6. The Labute approximate surface area is 164 Å². The molecule has 2 aliphatic rings. The third-order valence-electron chi connectivity index (χ3n) is 5.07. The van der Waals surface area contributed by atoms with Crippen LogP contribution in [0.3, 0.4) is 0 Å². The Kier molecular flexibility index (Phi) is 4.74. The van der Waals surface area contributed by atoms with Gasteiger partial charge in [0.05, 0.1) is 25.0 Å². The van der Waals surface area contributed by atoms with Crippen LogP contribution in [0.25, 0.3) is 11.3 Å². The van der Waals surface area contributed by atoms with Gasteiger partial charge in [-0.15, -0.1) is 0 Å². The van der Waals surface area contributed by atoms with Crippen LogP contribution >= 0.6 is 0 Å². The topological polar surface area (TPSA) is 72.2 Å². The number of aryl methyl sites for hydroxylation is 1. The van der Waals surface area contributed by atoms with Crippen LogP contribution in [0.5, 0.6) is 5.75 Å². The van der Waals surface area contributed by atoms with Crippen LogP contribution in [-0.4, -0.2) is 42.7 Å². The zero-order valence-corrected chi connectivity index (χ0v) is 17.1. The summed E-state index contributed by atoms with van der Waals surface area (Å²) in [5, 5.41) is 4.20. The lowest BCUT2D eigenvalue weighted by molar-refractivity contribution is -0.174. The minimum Gasteiger partial charge on any atom is -0.497 e. The molecule has 7 nitrogen and oxygen atoms in total. The minimum absolute atomic E-state index is 0.250. The summed E-state index contributed by atoms with van der Waals surface area (Å²) < 4.78 is 35.3. The van der Waals surface area contributed by atoms with Gasteiger partial charge in [-0.25, -0.2) is 0 Å². The predicted octanol–water partition coefficient (Wildman–Crippen LogP) is 4.00. The standard InChI is InChI=1S/C21H27NO6/c1-12-16(17(28-22-12)13-7-9-14(23-6)10-8-13)19-18(26-21(4,5)27-19)15-11-24-20(2,3)25-15/h7-10,15,18-19H,11H2,1-6H3/t15-,18?,19?/m1/s1. The van der Waals surface area contributed by atoms with Gasteiger partial charge in [-0.2, -0.15) is 0 Å². The Bertz CT molecular complexity index is 841. The Morgan fingerprint density at radius 2 is 1.71 bits per heavy atom. The van der Waals surface area contributed by atoms with Crippen LogP contribution in [0, 0.1) is 6.92 Å². The van der Waals surface area contributed by atoms with Gasteiger partial charge in [0.15, 0.2) is 17.3 Å². The first kappa shape index (κ1) is 19.4. The quantitative estimate of drug-likeness (QED) is 0.782. The number of benzene rings is 1. The van der Waals surface area contributed by atoms with Crippen LogP contribution < -0.4 is 4.74 Å². The van der Waals surface area contributed by atoms with E-state index >= 15 is 0 Å². The van der Waals surface area contributed by atoms with E-state index in [-0.39, 0.29) is 18.3 Å². The average Bonchev–Trinajstić information content (AvgIpc) is 3.29. The second kappa shape index (κ2) is 6.84.